The lowest BCUT2D eigenvalue weighted by atomic mass is 9.95. The van der Waals surface area contributed by atoms with Gasteiger partial charge in [-0.05, 0) is 30.9 Å². The van der Waals surface area contributed by atoms with E-state index in [0.29, 0.717) is 25.2 Å². The van der Waals surface area contributed by atoms with Gasteiger partial charge in [0.2, 0.25) is 5.91 Å². The molecule has 22 heavy (non-hydrogen) atoms. The molecular formula is C16H19N3O3. The Morgan fingerprint density at radius 2 is 1.82 bits per heavy atom. The van der Waals surface area contributed by atoms with Crippen LogP contribution in [0.3, 0.4) is 0 Å². The third-order valence-electron chi connectivity index (χ3n) is 4.30. The summed E-state index contributed by atoms with van der Waals surface area (Å²) in [7, 11) is 0. The number of hydrogen-bond donors (Lipinski definition) is 1. The maximum absolute atomic E-state index is 12.4. The van der Waals surface area contributed by atoms with Gasteiger partial charge in [0.25, 0.3) is 5.91 Å². The molecule has 0 unspecified atom stereocenters. The summed E-state index contributed by atoms with van der Waals surface area (Å²) in [5.74, 6) is 0.162. The smallest absolute Gasteiger partial charge is 0.324 e. The molecule has 2 aliphatic heterocycles. The lowest BCUT2D eigenvalue weighted by Gasteiger charge is -2.33. The fourth-order valence-electron chi connectivity index (χ4n) is 2.98. The summed E-state index contributed by atoms with van der Waals surface area (Å²) in [4.78, 5) is 38.6. The molecule has 0 saturated carbocycles. The maximum Gasteiger partial charge on any atom is 0.324 e. The van der Waals surface area contributed by atoms with Crippen LogP contribution in [-0.4, -0.2) is 53.8 Å². The molecule has 6 nitrogen and oxygen atoms in total. The number of rotatable bonds is 3. The Balaban J connectivity index is 1.53. The molecule has 2 heterocycles. The molecule has 6 heteroatoms. The Bertz CT molecular complexity index is 564. The van der Waals surface area contributed by atoms with Crippen LogP contribution >= 0.6 is 0 Å². The summed E-state index contributed by atoms with van der Waals surface area (Å²) in [6.07, 6.45) is 1.63. The average molecular weight is 301 g/mol. The first-order valence-electron chi connectivity index (χ1n) is 7.57. The predicted molar refractivity (Wildman–Crippen MR) is 80.2 cm³/mol. The van der Waals surface area contributed by atoms with E-state index in [1.807, 2.05) is 35.2 Å². The number of nitrogens with one attached hydrogen (secondary N) is 1. The van der Waals surface area contributed by atoms with E-state index in [-0.39, 0.29) is 30.3 Å². The van der Waals surface area contributed by atoms with E-state index < -0.39 is 0 Å². The van der Waals surface area contributed by atoms with Crippen LogP contribution in [0.1, 0.15) is 23.2 Å². The highest BCUT2D eigenvalue weighted by Crippen LogP contribution is 2.21. The first-order chi connectivity index (χ1) is 10.6. The van der Waals surface area contributed by atoms with Crippen molar-refractivity contribution in [1.82, 2.24) is 15.1 Å². The van der Waals surface area contributed by atoms with Crippen molar-refractivity contribution < 1.29 is 14.4 Å². The van der Waals surface area contributed by atoms with Gasteiger partial charge < -0.3 is 10.2 Å². The molecule has 2 fully saturated rings. The first-order valence-corrected chi connectivity index (χ1v) is 7.57. The molecule has 1 aromatic carbocycles. The molecule has 0 radical (unpaired) electrons. The SMILES string of the molecule is O=C(c1ccccc1)N1CCC(CN2C(=O)CNC2=O)CC1. The van der Waals surface area contributed by atoms with Crippen LogP contribution in [0.2, 0.25) is 0 Å². The number of likely N-dealkylation sites (tertiary alicyclic amines) is 1. The Labute approximate surface area is 129 Å². The van der Waals surface area contributed by atoms with E-state index in [9.17, 15) is 14.4 Å². The van der Waals surface area contributed by atoms with E-state index in [1.54, 1.807) is 0 Å². The van der Waals surface area contributed by atoms with Gasteiger partial charge in [-0.2, -0.15) is 0 Å². The van der Waals surface area contributed by atoms with Crippen molar-refractivity contribution in [2.24, 2.45) is 5.92 Å². The van der Waals surface area contributed by atoms with Crippen LogP contribution in [0.4, 0.5) is 4.79 Å². The minimum Gasteiger partial charge on any atom is -0.339 e. The van der Waals surface area contributed by atoms with Crippen LogP contribution in [0, 0.1) is 5.92 Å². The molecule has 4 amide bonds. The molecule has 3 rings (SSSR count). The number of hydrogen-bond acceptors (Lipinski definition) is 3. The molecule has 0 bridgehead atoms. The summed E-state index contributed by atoms with van der Waals surface area (Å²) in [5, 5.41) is 2.53. The van der Waals surface area contributed by atoms with Gasteiger partial charge in [0.1, 0.15) is 0 Å². The summed E-state index contributed by atoms with van der Waals surface area (Å²) < 4.78 is 0. The van der Waals surface area contributed by atoms with Gasteiger partial charge in [-0.25, -0.2) is 4.79 Å². The molecule has 0 spiro atoms. The number of nitrogens with zero attached hydrogens (tertiary/aromatic N) is 2. The standard InChI is InChI=1S/C16H19N3O3/c20-14-10-17-16(22)19(14)11-12-6-8-18(9-7-12)15(21)13-4-2-1-3-5-13/h1-5,12H,6-11H2,(H,17,22). The van der Waals surface area contributed by atoms with Crippen LogP contribution in [0.15, 0.2) is 30.3 Å². The number of carbonyl (C=O) groups is 3. The van der Waals surface area contributed by atoms with E-state index in [0.717, 1.165) is 12.8 Å². The van der Waals surface area contributed by atoms with Gasteiger partial charge in [0, 0.05) is 25.2 Å². The highest BCUT2D eigenvalue weighted by molar-refractivity contribution is 6.01. The predicted octanol–water partition coefficient (Wildman–Crippen LogP) is 1.09. The second-order valence-electron chi connectivity index (χ2n) is 5.76. The number of amides is 4. The van der Waals surface area contributed by atoms with E-state index >= 15 is 0 Å². The van der Waals surface area contributed by atoms with Crippen molar-refractivity contribution in [3.63, 3.8) is 0 Å². The molecule has 2 saturated heterocycles. The Morgan fingerprint density at radius 3 is 2.41 bits per heavy atom. The average Bonchev–Trinajstić information content (AvgIpc) is 2.88. The highest BCUT2D eigenvalue weighted by Gasteiger charge is 2.32. The number of urea groups is 1. The summed E-state index contributed by atoms with van der Waals surface area (Å²) in [6, 6.07) is 8.95. The van der Waals surface area contributed by atoms with E-state index in [4.69, 9.17) is 0 Å². The van der Waals surface area contributed by atoms with Gasteiger partial charge >= 0.3 is 6.03 Å². The number of imide groups is 1. The summed E-state index contributed by atoms with van der Waals surface area (Å²) >= 11 is 0. The second kappa shape index (κ2) is 6.17. The van der Waals surface area contributed by atoms with Gasteiger partial charge in [-0.15, -0.1) is 0 Å². The monoisotopic (exact) mass is 301 g/mol. The van der Waals surface area contributed by atoms with Gasteiger partial charge in [0.05, 0.1) is 6.54 Å². The molecule has 0 aromatic heterocycles. The third kappa shape index (κ3) is 2.95. The quantitative estimate of drug-likeness (QED) is 0.850. The van der Waals surface area contributed by atoms with Crippen LogP contribution in [-0.2, 0) is 4.79 Å². The highest BCUT2D eigenvalue weighted by atomic mass is 16.2. The van der Waals surface area contributed by atoms with Crippen molar-refractivity contribution in [1.29, 1.82) is 0 Å². The van der Waals surface area contributed by atoms with Gasteiger partial charge in [0.15, 0.2) is 0 Å². The number of benzene rings is 1. The Hall–Kier alpha value is -2.37. The van der Waals surface area contributed by atoms with E-state index in [2.05, 4.69) is 5.32 Å². The molecule has 0 aliphatic carbocycles. The topological polar surface area (TPSA) is 69.7 Å². The fraction of sp³-hybridized carbons (Fsp3) is 0.438. The van der Waals surface area contributed by atoms with Crippen molar-refractivity contribution in [3.05, 3.63) is 35.9 Å². The Morgan fingerprint density at radius 1 is 1.14 bits per heavy atom. The van der Waals surface area contributed by atoms with Gasteiger partial charge in [-0.3, -0.25) is 14.5 Å². The van der Waals surface area contributed by atoms with Gasteiger partial charge in [-0.1, -0.05) is 18.2 Å². The second-order valence-corrected chi connectivity index (χ2v) is 5.76. The molecule has 1 N–H and O–H groups in total. The zero-order valence-corrected chi connectivity index (χ0v) is 12.3. The molecular weight excluding hydrogens is 282 g/mol. The van der Waals surface area contributed by atoms with Crippen LogP contribution in [0.5, 0.6) is 0 Å². The van der Waals surface area contributed by atoms with Crippen molar-refractivity contribution in [3.8, 4) is 0 Å². The van der Waals surface area contributed by atoms with Crippen LogP contribution in [0.25, 0.3) is 0 Å². The molecule has 116 valence electrons. The fourth-order valence-corrected chi connectivity index (χ4v) is 2.98. The molecule has 2 aliphatic rings. The lowest BCUT2D eigenvalue weighted by Crippen LogP contribution is -2.43. The largest absolute Gasteiger partial charge is 0.339 e. The Kier molecular flexibility index (Phi) is 4.09. The lowest BCUT2D eigenvalue weighted by molar-refractivity contribution is -0.125. The number of piperidine rings is 1. The van der Waals surface area contributed by atoms with Crippen molar-refractivity contribution >= 4 is 17.8 Å². The third-order valence-corrected chi connectivity index (χ3v) is 4.30. The van der Waals surface area contributed by atoms with E-state index in [1.165, 1.54) is 4.90 Å². The minimum atomic E-state index is -0.298. The molecule has 1 aromatic rings. The zero-order chi connectivity index (χ0) is 15.5. The minimum absolute atomic E-state index is 0.0500. The summed E-state index contributed by atoms with van der Waals surface area (Å²) in [5.41, 5.74) is 0.704. The maximum atomic E-state index is 12.4. The first kappa shape index (κ1) is 14.6. The summed E-state index contributed by atoms with van der Waals surface area (Å²) in [6.45, 7) is 1.90. The van der Waals surface area contributed by atoms with Crippen molar-refractivity contribution in [2.75, 3.05) is 26.2 Å². The molecule has 0 atom stereocenters. The van der Waals surface area contributed by atoms with Crippen LogP contribution < -0.4 is 5.32 Å². The zero-order valence-electron chi connectivity index (χ0n) is 12.3. The normalized spacial score (nSPS) is 19.5. The number of carbonyl (C=O) groups excluding carboxylic acids is 3. The van der Waals surface area contributed by atoms with Crippen molar-refractivity contribution in [2.45, 2.75) is 12.8 Å².